The molecule has 0 saturated heterocycles. The van der Waals surface area contributed by atoms with E-state index in [2.05, 4.69) is 5.32 Å². The van der Waals surface area contributed by atoms with Gasteiger partial charge in [-0.05, 0) is 25.0 Å². The van der Waals surface area contributed by atoms with Crippen LogP contribution < -0.4 is 11.1 Å². The van der Waals surface area contributed by atoms with Crippen LogP contribution in [0.4, 0.5) is 5.69 Å². The number of amides is 1. The average Bonchev–Trinajstić information content (AvgIpc) is 2.29. The Morgan fingerprint density at radius 1 is 1.47 bits per heavy atom. The predicted octanol–water partition coefficient (Wildman–Crippen LogP) is 3.37. The number of benzene rings is 1. The van der Waals surface area contributed by atoms with Gasteiger partial charge in [-0.15, -0.1) is 0 Å². The van der Waals surface area contributed by atoms with E-state index in [9.17, 15) is 4.79 Å². The summed E-state index contributed by atoms with van der Waals surface area (Å²) in [7, 11) is 0. The summed E-state index contributed by atoms with van der Waals surface area (Å²) in [6, 6.07) is 2.96. The Kier molecular flexibility index (Phi) is 5.25. The van der Waals surface area contributed by atoms with E-state index in [0.29, 0.717) is 22.2 Å². The Bertz CT molecular complexity index is 421. The van der Waals surface area contributed by atoms with Crippen molar-refractivity contribution in [1.29, 1.82) is 0 Å². The molecule has 94 valence electrons. The first-order valence-electron chi connectivity index (χ1n) is 5.48. The van der Waals surface area contributed by atoms with E-state index in [0.717, 1.165) is 12.0 Å². The molecule has 1 atom stereocenters. The summed E-state index contributed by atoms with van der Waals surface area (Å²) in [4.78, 5) is 11.8. The second-order valence-electron chi connectivity index (χ2n) is 3.94. The van der Waals surface area contributed by atoms with Crippen molar-refractivity contribution in [3.05, 3.63) is 27.7 Å². The number of nitrogens with two attached hydrogens (primary N) is 1. The fourth-order valence-corrected chi connectivity index (χ4v) is 1.89. The zero-order valence-corrected chi connectivity index (χ0v) is 11.4. The molecule has 0 aliphatic carbocycles. The van der Waals surface area contributed by atoms with Crippen LogP contribution >= 0.6 is 23.2 Å². The maximum Gasteiger partial charge on any atom is 0.241 e. The molecule has 3 N–H and O–H groups in total. The molecule has 1 amide bonds. The highest BCUT2D eigenvalue weighted by atomic mass is 35.5. The summed E-state index contributed by atoms with van der Waals surface area (Å²) in [5.74, 6) is -0.263. The summed E-state index contributed by atoms with van der Waals surface area (Å²) in [5, 5.41) is 3.54. The summed E-state index contributed by atoms with van der Waals surface area (Å²) >= 11 is 12.1. The monoisotopic (exact) mass is 274 g/mol. The minimum Gasteiger partial charge on any atom is -0.322 e. The van der Waals surface area contributed by atoms with E-state index in [1.807, 2.05) is 13.8 Å². The highest BCUT2D eigenvalue weighted by Gasteiger charge is 2.16. The Labute approximate surface area is 111 Å². The number of halogens is 2. The first-order valence-corrected chi connectivity index (χ1v) is 6.24. The van der Waals surface area contributed by atoms with E-state index in [1.165, 1.54) is 0 Å². The minimum absolute atomic E-state index is 0.263. The third kappa shape index (κ3) is 3.60. The van der Waals surface area contributed by atoms with Crippen molar-refractivity contribution in [2.75, 3.05) is 5.32 Å². The molecule has 0 saturated carbocycles. The number of hydrogen-bond donors (Lipinski definition) is 2. The highest BCUT2D eigenvalue weighted by molar-refractivity contribution is 6.40. The van der Waals surface area contributed by atoms with Crippen molar-refractivity contribution in [2.45, 2.75) is 32.7 Å². The van der Waals surface area contributed by atoms with Crippen LogP contribution in [0.5, 0.6) is 0 Å². The number of nitrogens with one attached hydrogen (secondary N) is 1. The molecule has 0 bridgehead atoms. The Hall–Kier alpha value is -0.770. The topological polar surface area (TPSA) is 55.1 Å². The first kappa shape index (κ1) is 14.3. The maximum atomic E-state index is 11.8. The summed E-state index contributed by atoms with van der Waals surface area (Å²) < 4.78 is 0. The zero-order valence-electron chi connectivity index (χ0n) is 9.89. The molecular formula is C12H16Cl2N2O. The Balaban J connectivity index is 2.88. The van der Waals surface area contributed by atoms with Gasteiger partial charge in [0.1, 0.15) is 0 Å². The molecule has 0 spiro atoms. The number of aryl methyl sites for hydroxylation is 1. The highest BCUT2D eigenvalue weighted by Crippen LogP contribution is 2.32. The number of carbonyl (C=O) groups is 1. The minimum atomic E-state index is -0.535. The van der Waals surface area contributed by atoms with Gasteiger partial charge in [0.15, 0.2) is 0 Å². The van der Waals surface area contributed by atoms with E-state index in [4.69, 9.17) is 28.9 Å². The van der Waals surface area contributed by atoms with Gasteiger partial charge in [0.25, 0.3) is 0 Å². The van der Waals surface area contributed by atoms with Gasteiger partial charge < -0.3 is 11.1 Å². The van der Waals surface area contributed by atoms with Gasteiger partial charge in [-0.3, -0.25) is 4.79 Å². The molecule has 1 rings (SSSR count). The van der Waals surface area contributed by atoms with E-state index < -0.39 is 6.04 Å². The summed E-state index contributed by atoms with van der Waals surface area (Å²) in [6.07, 6.45) is 1.48. The molecule has 0 aromatic heterocycles. The number of anilines is 1. The quantitative estimate of drug-likeness (QED) is 0.885. The van der Waals surface area contributed by atoms with Crippen LogP contribution in [0.1, 0.15) is 25.3 Å². The van der Waals surface area contributed by atoms with Gasteiger partial charge >= 0.3 is 0 Å². The molecule has 0 aliphatic heterocycles. The fourth-order valence-electron chi connectivity index (χ4n) is 1.43. The Morgan fingerprint density at radius 3 is 2.71 bits per heavy atom. The van der Waals surface area contributed by atoms with E-state index >= 15 is 0 Å². The van der Waals surface area contributed by atoms with E-state index in [-0.39, 0.29) is 5.91 Å². The molecule has 3 nitrogen and oxygen atoms in total. The molecule has 1 unspecified atom stereocenters. The van der Waals surface area contributed by atoms with Crippen LogP contribution in [-0.2, 0) is 4.79 Å². The van der Waals surface area contributed by atoms with Crippen LogP contribution in [-0.4, -0.2) is 11.9 Å². The van der Waals surface area contributed by atoms with Gasteiger partial charge in [0.05, 0.1) is 21.8 Å². The van der Waals surface area contributed by atoms with Crippen LogP contribution in [0.2, 0.25) is 10.0 Å². The molecular weight excluding hydrogens is 259 g/mol. The largest absolute Gasteiger partial charge is 0.322 e. The van der Waals surface area contributed by atoms with Crippen LogP contribution in [0.25, 0.3) is 0 Å². The second kappa shape index (κ2) is 6.24. The summed E-state index contributed by atoms with van der Waals surface area (Å²) in [5.41, 5.74) is 7.01. The van der Waals surface area contributed by atoms with Gasteiger partial charge in [0.2, 0.25) is 5.91 Å². The van der Waals surface area contributed by atoms with Crippen molar-refractivity contribution < 1.29 is 4.79 Å². The second-order valence-corrected chi connectivity index (χ2v) is 4.72. The van der Waals surface area contributed by atoms with Gasteiger partial charge in [-0.25, -0.2) is 0 Å². The van der Waals surface area contributed by atoms with Crippen molar-refractivity contribution in [3.8, 4) is 0 Å². The number of carbonyl (C=O) groups excluding carboxylic acids is 1. The van der Waals surface area contributed by atoms with Crippen LogP contribution in [0.15, 0.2) is 12.1 Å². The maximum absolute atomic E-state index is 11.8. The number of rotatable bonds is 4. The van der Waals surface area contributed by atoms with Crippen molar-refractivity contribution >= 4 is 34.8 Å². The summed E-state index contributed by atoms with van der Waals surface area (Å²) in [6.45, 7) is 3.82. The Morgan fingerprint density at radius 2 is 2.12 bits per heavy atom. The normalized spacial score (nSPS) is 12.3. The van der Waals surface area contributed by atoms with Gasteiger partial charge in [-0.2, -0.15) is 0 Å². The molecule has 0 heterocycles. The fraction of sp³-hybridized carbons (Fsp3) is 0.417. The molecule has 0 fully saturated rings. The van der Waals surface area contributed by atoms with Crippen molar-refractivity contribution in [2.24, 2.45) is 5.73 Å². The van der Waals surface area contributed by atoms with Gasteiger partial charge in [-0.1, -0.05) is 42.6 Å². The van der Waals surface area contributed by atoms with Crippen molar-refractivity contribution in [3.63, 3.8) is 0 Å². The lowest BCUT2D eigenvalue weighted by molar-refractivity contribution is -0.117. The lowest BCUT2D eigenvalue weighted by Crippen LogP contribution is -2.35. The van der Waals surface area contributed by atoms with Crippen LogP contribution in [0.3, 0.4) is 0 Å². The first-order chi connectivity index (χ1) is 7.97. The predicted molar refractivity (Wildman–Crippen MR) is 72.7 cm³/mol. The average molecular weight is 275 g/mol. The third-order valence-electron chi connectivity index (χ3n) is 2.47. The zero-order chi connectivity index (χ0) is 13.0. The lowest BCUT2D eigenvalue weighted by atomic mass is 10.1. The SMILES string of the molecule is CCCC(N)C(=O)Nc1c(Cl)ccc(C)c1Cl. The molecule has 5 heteroatoms. The standard InChI is InChI=1S/C12H16Cl2N2O/c1-3-4-9(15)12(17)16-11-8(13)6-5-7(2)10(11)14/h5-6,9H,3-4,15H2,1-2H3,(H,16,17). The molecule has 0 aliphatic rings. The molecule has 0 radical (unpaired) electrons. The third-order valence-corrected chi connectivity index (χ3v) is 3.27. The molecule has 17 heavy (non-hydrogen) atoms. The number of hydrogen-bond acceptors (Lipinski definition) is 2. The lowest BCUT2D eigenvalue weighted by Gasteiger charge is -2.14. The van der Waals surface area contributed by atoms with E-state index in [1.54, 1.807) is 12.1 Å². The van der Waals surface area contributed by atoms with Gasteiger partial charge in [0, 0.05) is 0 Å². The molecule has 1 aromatic carbocycles. The van der Waals surface area contributed by atoms with Crippen molar-refractivity contribution in [1.82, 2.24) is 0 Å². The van der Waals surface area contributed by atoms with Crippen LogP contribution in [0, 0.1) is 6.92 Å². The smallest absolute Gasteiger partial charge is 0.241 e. The molecule has 1 aromatic rings.